The number of amides is 2. The number of methoxy groups -OCH3 is 1. The Morgan fingerprint density at radius 1 is 1.03 bits per heavy atom. The van der Waals surface area contributed by atoms with E-state index in [0.717, 1.165) is 12.0 Å². The highest BCUT2D eigenvalue weighted by Crippen LogP contribution is 2.28. The number of rotatable bonds is 9. The van der Waals surface area contributed by atoms with E-state index in [-0.39, 0.29) is 18.1 Å². The average Bonchev–Trinajstić information content (AvgIpc) is 2.71. The van der Waals surface area contributed by atoms with Crippen molar-refractivity contribution in [2.75, 3.05) is 13.7 Å². The quantitative estimate of drug-likeness (QED) is 0.628. The molecule has 156 valence electrons. The van der Waals surface area contributed by atoms with E-state index in [1.807, 2.05) is 0 Å². The zero-order chi connectivity index (χ0) is 21.2. The summed E-state index contributed by atoms with van der Waals surface area (Å²) in [4.78, 5) is 24.2. The number of aryl methyl sites for hydroxylation is 1. The van der Waals surface area contributed by atoms with Crippen LogP contribution in [0, 0.1) is 11.7 Å². The number of nitrogens with one attached hydrogen (secondary N) is 2. The third kappa shape index (κ3) is 7.44. The Kier molecular flexibility index (Phi) is 8.45. The number of hydrogen-bond donors (Lipinski definition) is 2. The van der Waals surface area contributed by atoms with Crippen LogP contribution < -0.4 is 20.3 Å². The first-order valence-corrected chi connectivity index (χ1v) is 9.53. The third-order valence-electron chi connectivity index (χ3n) is 4.25. The molecule has 6 nitrogen and oxygen atoms in total. The van der Waals surface area contributed by atoms with E-state index in [2.05, 4.69) is 24.7 Å². The number of hydrogen-bond acceptors (Lipinski definition) is 4. The molecule has 7 heteroatoms. The predicted molar refractivity (Wildman–Crippen MR) is 108 cm³/mol. The number of ether oxygens (including phenoxy) is 2. The van der Waals surface area contributed by atoms with E-state index >= 15 is 0 Å². The van der Waals surface area contributed by atoms with Crippen LogP contribution in [-0.4, -0.2) is 25.5 Å². The molecule has 2 aromatic carbocycles. The largest absolute Gasteiger partial charge is 0.493 e. The minimum atomic E-state index is -0.466. The third-order valence-corrected chi connectivity index (χ3v) is 4.25. The Morgan fingerprint density at radius 3 is 2.41 bits per heavy atom. The number of halogens is 1. The maximum atomic E-state index is 12.9. The Labute approximate surface area is 170 Å². The van der Waals surface area contributed by atoms with Gasteiger partial charge < -0.3 is 9.47 Å². The summed E-state index contributed by atoms with van der Waals surface area (Å²) in [7, 11) is 1.50. The fourth-order valence-electron chi connectivity index (χ4n) is 2.50. The molecule has 0 bridgehead atoms. The summed E-state index contributed by atoms with van der Waals surface area (Å²) in [6.45, 7) is 4.79. The Hall–Kier alpha value is -3.09. The number of hydrazine groups is 1. The standard InChI is InChI=1S/C22H27FN2O4/c1-15(2)12-13-29-19-10-7-17(14-20(19)28-3)22(27)25-24-21(26)11-6-16-4-8-18(23)9-5-16/h4-5,7-10,14-15H,6,11-13H2,1-3H3,(H,24,26)(H,25,27). The van der Waals surface area contributed by atoms with Gasteiger partial charge in [-0.2, -0.15) is 0 Å². The van der Waals surface area contributed by atoms with Gasteiger partial charge in [-0.1, -0.05) is 26.0 Å². The minimum absolute atomic E-state index is 0.165. The van der Waals surface area contributed by atoms with Gasteiger partial charge in [-0.05, 0) is 54.7 Å². The molecule has 0 fully saturated rings. The fourth-order valence-corrected chi connectivity index (χ4v) is 2.50. The van der Waals surface area contributed by atoms with E-state index in [9.17, 15) is 14.0 Å². The van der Waals surface area contributed by atoms with E-state index in [1.165, 1.54) is 19.2 Å². The zero-order valence-corrected chi connectivity index (χ0v) is 17.0. The summed E-state index contributed by atoms with van der Waals surface area (Å²) in [6.07, 6.45) is 1.52. The van der Waals surface area contributed by atoms with Crippen LogP contribution in [0.5, 0.6) is 11.5 Å². The summed E-state index contributed by atoms with van der Waals surface area (Å²) in [6, 6.07) is 10.8. The summed E-state index contributed by atoms with van der Waals surface area (Å²) < 4.78 is 23.9. The molecule has 29 heavy (non-hydrogen) atoms. The highest BCUT2D eigenvalue weighted by molar-refractivity contribution is 5.96. The van der Waals surface area contributed by atoms with Gasteiger partial charge in [0.25, 0.3) is 5.91 Å². The van der Waals surface area contributed by atoms with Gasteiger partial charge in [-0.25, -0.2) is 4.39 Å². The van der Waals surface area contributed by atoms with Gasteiger partial charge in [0.1, 0.15) is 5.82 Å². The van der Waals surface area contributed by atoms with Crippen molar-refractivity contribution in [2.24, 2.45) is 5.92 Å². The van der Waals surface area contributed by atoms with Crippen molar-refractivity contribution in [3.8, 4) is 11.5 Å². The molecule has 2 N–H and O–H groups in total. The second kappa shape index (κ2) is 11.0. The lowest BCUT2D eigenvalue weighted by Crippen LogP contribution is -2.41. The van der Waals surface area contributed by atoms with E-state index in [4.69, 9.17) is 9.47 Å². The Bertz CT molecular complexity index is 822. The Balaban J connectivity index is 1.84. The van der Waals surface area contributed by atoms with Crippen molar-refractivity contribution in [1.82, 2.24) is 10.9 Å². The maximum Gasteiger partial charge on any atom is 0.269 e. The summed E-state index contributed by atoms with van der Waals surface area (Å²) >= 11 is 0. The van der Waals surface area contributed by atoms with Crippen LogP contribution in [0.1, 0.15) is 42.6 Å². The second-order valence-electron chi connectivity index (χ2n) is 7.03. The lowest BCUT2D eigenvalue weighted by atomic mass is 10.1. The molecular formula is C22H27FN2O4. The molecule has 0 aromatic heterocycles. The van der Waals surface area contributed by atoms with Gasteiger partial charge >= 0.3 is 0 Å². The van der Waals surface area contributed by atoms with Crippen LogP contribution in [-0.2, 0) is 11.2 Å². The van der Waals surface area contributed by atoms with Gasteiger partial charge in [0.05, 0.1) is 13.7 Å². The van der Waals surface area contributed by atoms with E-state index < -0.39 is 5.91 Å². The van der Waals surface area contributed by atoms with Crippen molar-refractivity contribution in [1.29, 1.82) is 0 Å². The highest BCUT2D eigenvalue weighted by atomic mass is 19.1. The number of carbonyl (C=O) groups is 2. The molecule has 0 aliphatic carbocycles. The lowest BCUT2D eigenvalue weighted by Gasteiger charge is -2.13. The first-order chi connectivity index (χ1) is 13.9. The molecule has 0 unspecified atom stereocenters. The van der Waals surface area contributed by atoms with Crippen molar-refractivity contribution >= 4 is 11.8 Å². The van der Waals surface area contributed by atoms with Crippen LogP contribution in [0.3, 0.4) is 0 Å². The molecular weight excluding hydrogens is 375 g/mol. The van der Waals surface area contributed by atoms with Crippen LogP contribution in [0.2, 0.25) is 0 Å². The minimum Gasteiger partial charge on any atom is -0.493 e. The molecule has 0 saturated carbocycles. The first-order valence-electron chi connectivity index (χ1n) is 9.53. The van der Waals surface area contributed by atoms with Crippen molar-refractivity contribution in [3.63, 3.8) is 0 Å². The van der Waals surface area contributed by atoms with Gasteiger partial charge in [0.2, 0.25) is 5.91 Å². The molecule has 0 radical (unpaired) electrons. The summed E-state index contributed by atoms with van der Waals surface area (Å²) in [5.74, 6) is 0.405. The van der Waals surface area contributed by atoms with Gasteiger partial charge in [-0.15, -0.1) is 0 Å². The number of benzene rings is 2. The van der Waals surface area contributed by atoms with Crippen molar-refractivity contribution in [3.05, 3.63) is 59.4 Å². The van der Waals surface area contributed by atoms with E-state index in [1.54, 1.807) is 30.3 Å². The van der Waals surface area contributed by atoms with Crippen molar-refractivity contribution < 1.29 is 23.5 Å². The second-order valence-corrected chi connectivity index (χ2v) is 7.03. The predicted octanol–water partition coefficient (Wildman–Crippen LogP) is 3.65. The molecule has 2 rings (SSSR count). The average molecular weight is 402 g/mol. The normalized spacial score (nSPS) is 10.5. The molecule has 0 aliphatic rings. The SMILES string of the molecule is COc1cc(C(=O)NNC(=O)CCc2ccc(F)cc2)ccc1OCCC(C)C. The van der Waals surface area contributed by atoms with Gasteiger partial charge in [-0.3, -0.25) is 20.4 Å². The van der Waals surface area contributed by atoms with Gasteiger partial charge in [0.15, 0.2) is 11.5 Å². The molecule has 0 heterocycles. The van der Waals surface area contributed by atoms with Crippen LogP contribution in [0.25, 0.3) is 0 Å². The molecule has 2 amide bonds. The molecule has 2 aromatic rings. The Morgan fingerprint density at radius 2 is 1.76 bits per heavy atom. The topological polar surface area (TPSA) is 76.7 Å². The lowest BCUT2D eigenvalue weighted by molar-refractivity contribution is -0.121. The first kappa shape index (κ1) is 22.2. The monoisotopic (exact) mass is 402 g/mol. The molecule has 0 spiro atoms. The van der Waals surface area contributed by atoms with Crippen LogP contribution in [0.4, 0.5) is 4.39 Å². The number of carbonyl (C=O) groups excluding carboxylic acids is 2. The van der Waals surface area contributed by atoms with Gasteiger partial charge in [0, 0.05) is 12.0 Å². The maximum absolute atomic E-state index is 12.9. The highest BCUT2D eigenvalue weighted by Gasteiger charge is 2.12. The smallest absolute Gasteiger partial charge is 0.269 e. The summed E-state index contributed by atoms with van der Waals surface area (Å²) in [5.41, 5.74) is 5.92. The van der Waals surface area contributed by atoms with Crippen LogP contribution in [0.15, 0.2) is 42.5 Å². The molecule has 0 saturated heterocycles. The van der Waals surface area contributed by atoms with Crippen molar-refractivity contribution in [2.45, 2.75) is 33.1 Å². The summed E-state index contributed by atoms with van der Waals surface area (Å²) in [5, 5.41) is 0. The van der Waals surface area contributed by atoms with Crippen LogP contribution >= 0.6 is 0 Å². The zero-order valence-electron chi connectivity index (χ0n) is 17.0. The van der Waals surface area contributed by atoms with E-state index in [0.29, 0.717) is 36.0 Å². The molecule has 0 aliphatic heterocycles. The molecule has 0 atom stereocenters. The fraction of sp³-hybridized carbons (Fsp3) is 0.364.